The minimum Gasteiger partial charge on any atom is -0.481 e. The molecule has 2 unspecified atom stereocenters. The molecular weight excluding hydrogens is 222 g/mol. The standard InChI is InChI=1S/C12H15NO4/c14-11(13-8-4-17-5-8)9-6-1-2-7(3-6)10(9)12(15)16/h1-2,6-10H,3-5H2,(H,13,14)(H,15,16)/t6?,7?,9-,10+/m0/s1. The van der Waals surface area contributed by atoms with Crippen molar-refractivity contribution in [2.24, 2.45) is 23.7 Å². The van der Waals surface area contributed by atoms with Gasteiger partial charge in [0.2, 0.25) is 5.91 Å². The Balaban J connectivity index is 1.73. The van der Waals surface area contributed by atoms with Crippen LogP contribution in [0.4, 0.5) is 0 Å². The molecule has 92 valence electrons. The SMILES string of the molecule is O=C(O)[C@@H]1C2C=CC(C2)[C@@H]1C(=O)NC1COC1. The first-order valence-corrected chi connectivity index (χ1v) is 5.96. The number of aliphatic carboxylic acids is 1. The lowest BCUT2D eigenvalue weighted by Crippen LogP contribution is -2.52. The number of nitrogens with one attached hydrogen (secondary N) is 1. The summed E-state index contributed by atoms with van der Waals surface area (Å²) in [4.78, 5) is 23.3. The molecule has 1 saturated carbocycles. The number of rotatable bonds is 3. The van der Waals surface area contributed by atoms with Gasteiger partial charge in [0.1, 0.15) is 0 Å². The van der Waals surface area contributed by atoms with Crippen LogP contribution in [0.15, 0.2) is 12.2 Å². The Morgan fingerprint density at radius 3 is 2.35 bits per heavy atom. The molecule has 0 aromatic rings. The highest BCUT2D eigenvalue weighted by Gasteiger charge is 2.51. The van der Waals surface area contributed by atoms with Gasteiger partial charge in [-0.3, -0.25) is 9.59 Å². The van der Waals surface area contributed by atoms with Gasteiger partial charge >= 0.3 is 5.97 Å². The molecule has 1 amide bonds. The maximum absolute atomic E-state index is 12.1. The van der Waals surface area contributed by atoms with E-state index in [-0.39, 0.29) is 23.8 Å². The van der Waals surface area contributed by atoms with E-state index in [4.69, 9.17) is 4.74 Å². The van der Waals surface area contributed by atoms with Crippen LogP contribution in [0.3, 0.4) is 0 Å². The van der Waals surface area contributed by atoms with Gasteiger partial charge in [0.05, 0.1) is 31.1 Å². The minimum atomic E-state index is -0.855. The molecule has 0 spiro atoms. The lowest BCUT2D eigenvalue weighted by molar-refractivity contribution is -0.148. The number of hydrogen-bond donors (Lipinski definition) is 2. The quantitative estimate of drug-likeness (QED) is 0.679. The zero-order chi connectivity index (χ0) is 12.0. The Morgan fingerprint density at radius 1 is 1.18 bits per heavy atom. The van der Waals surface area contributed by atoms with E-state index in [1.54, 1.807) is 0 Å². The van der Waals surface area contributed by atoms with Crippen molar-refractivity contribution < 1.29 is 19.4 Å². The highest BCUT2D eigenvalue weighted by atomic mass is 16.5. The Morgan fingerprint density at radius 2 is 1.82 bits per heavy atom. The summed E-state index contributed by atoms with van der Waals surface area (Å²) in [5.41, 5.74) is 0. The van der Waals surface area contributed by atoms with Gasteiger partial charge in [0, 0.05) is 0 Å². The molecule has 17 heavy (non-hydrogen) atoms. The highest BCUT2D eigenvalue weighted by molar-refractivity contribution is 5.87. The smallest absolute Gasteiger partial charge is 0.307 e. The number of fused-ring (bicyclic) bond motifs is 2. The van der Waals surface area contributed by atoms with Crippen LogP contribution in [0, 0.1) is 23.7 Å². The molecule has 4 atom stereocenters. The Kier molecular flexibility index (Phi) is 2.43. The minimum absolute atomic E-state index is 0.0332. The Bertz CT molecular complexity index is 388. The van der Waals surface area contributed by atoms with Crippen molar-refractivity contribution in [2.45, 2.75) is 12.5 Å². The third kappa shape index (κ3) is 1.65. The van der Waals surface area contributed by atoms with E-state index >= 15 is 0 Å². The number of ether oxygens (including phenoxy) is 1. The number of carboxylic acid groups (broad SMARTS) is 1. The summed E-state index contributed by atoms with van der Waals surface area (Å²) in [6, 6.07) is 0.0695. The summed E-state index contributed by atoms with van der Waals surface area (Å²) < 4.78 is 4.99. The molecule has 1 aliphatic heterocycles. The first kappa shape index (κ1) is 10.8. The van der Waals surface area contributed by atoms with Crippen molar-refractivity contribution in [2.75, 3.05) is 13.2 Å². The van der Waals surface area contributed by atoms with Crippen molar-refractivity contribution in [3.8, 4) is 0 Å². The zero-order valence-corrected chi connectivity index (χ0v) is 9.33. The zero-order valence-electron chi connectivity index (χ0n) is 9.33. The average molecular weight is 237 g/mol. The molecular formula is C12H15NO4. The molecule has 0 aromatic heterocycles. The van der Waals surface area contributed by atoms with Gasteiger partial charge < -0.3 is 15.2 Å². The molecule has 2 bridgehead atoms. The third-order valence-corrected chi connectivity index (χ3v) is 4.03. The van der Waals surface area contributed by atoms with E-state index in [0.717, 1.165) is 6.42 Å². The van der Waals surface area contributed by atoms with Gasteiger partial charge in [-0.1, -0.05) is 12.2 Å². The summed E-state index contributed by atoms with van der Waals surface area (Å²) in [6.07, 6.45) is 4.74. The van der Waals surface area contributed by atoms with E-state index < -0.39 is 17.8 Å². The molecule has 1 heterocycles. The van der Waals surface area contributed by atoms with Gasteiger partial charge in [-0.2, -0.15) is 0 Å². The summed E-state index contributed by atoms with van der Waals surface area (Å²) in [6.45, 7) is 1.08. The summed E-state index contributed by atoms with van der Waals surface area (Å²) in [7, 11) is 0. The molecule has 2 aliphatic carbocycles. The van der Waals surface area contributed by atoms with Gasteiger partial charge in [0.15, 0.2) is 0 Å². The molecule has 2 fully saturated rings. The van der Waals surface area contributed by atoms with E-state index in [1.165, 1.54) is 0 Å². The molecule has 1 saturated heterocycles. The fourth-order valence-electron chi connectivity index (χ4n) is 3.13. The van der Waals surface area contributed by atoms with E-state index in [2.05, 4.69) is 5.32 Å². The topological polar surface area (TPSA) is 75.6 Å². The second kappa shape index (κ2) is 3.84. The monoisotopic (exact) mass is 237 g/mol. The van der Waals surface area contributed by atoms with E-state index in [1.807, 2.05) is 12.2 Å². The van der Waals surface area contributed by atoms with Crippen LogP contribution < -0.4 is 5.32 Å². The summed E-state index contributed by atoms with van der Waals surface area (Å²) in [5.74, 6) is -1.79. The van der Waals surface area contributed by atoms with Crippen LogP contribution >= 0.6 is 0 Å². The molecule has 5 nitrogen and oxygen atoms in total. The van der Waals surface area contributed by atoms with E-state index in [0.29, 0.717) is 13.2 Å². The normalized spacial score (nSPS) is 39.1. The maximum Gasteiger partial charge on any atom is 0.307 e. The fourth-order valence-corrected chi connectivity index (χ4v) is 3.13. The summed E-state index contributed by atoms with van der Waals surface area (Å²) >= 11 is 0. The van der Waals surface area contributed by atoms with Gasteiger partial charge in [-0.05, 0) is 18.3 Å². The Labute approximate surface area is 98.8 Å². The second-order valence-corrected chi connectivity index (χ2v) is 5.08. The van der Waals surface area contributed by atoms with Crippen molar-refractivity contribution in [3.63, 3.8) is 0 Å². The van der Waals surface area contributed by atoms with Crippen LogP contribution in [0.2, 0.25) is 0 Å². The fraction of sp³-hybridized carbons (Fsp3) is 0.667. The van der Waals surface area contributed by atoms with Crippen molar-refractivity contribution in [1.29, 1.82) is 0 Å². The third-order valence-electron chi connectivity index (χ3n) is 4.03. The molecule has 0 radical (unpaired) electrons. The molecule has 0 aromatic carbocycles. The lowest BCUT2D eigenvalue weighted by Gasteiger charge is -2.30. The number of carboxylic acids is 1. The number of carbonyl (C=O) groups excluding carboxylic acids is 1. The molecule has 3 aliphatic rings. The maximum atomic E-state index is 12.1. The highest BCUT2D eigenvalue weighted by Crippen LogP contribution is 2.48. The van der Waals surface area contributed by atoms with Crippen LogP contribution in [-0.2, 0) is 14.3 Å². The van der Waals surface area contributed by atoms with Crippen molar-refractivity contribution in [1.82, 2.24) is 5.32 Å². The molecule has 2 N–H and O–H groups in total. The van der Waals surface area contributed by atoms with Crippen LogP contribution in [0.1, 0.15) is 6.42 Å². The number of carbonyl (C=O) groups is 2. The average Bonchev–Trinajstić information content (AvgIpc) is 2.81. The van der Waals surface area contributed by atoms with Crippen LogP contribution in [0.5, 0.6) is 0 Å². The molecule has 3 rings (SSSR count). The predicted octanol–water partition coefficient (Wildman–Crippen LogP) is 0.0243. The first-order chi connectivity index (χ1) is 8.16. The number of allylic oxidation sites excluding steroid dienone is 2. The van der Waals surface area contributed by atoms with Gasteiger partial charge in [-0.25, -0.2) is 0 Å². The Hall–Kier alpha value is -1.36. The lowest BCUT2D eigenvalue weighted by atomic mass is 9.82. The van der Waals surface area contributed by atoms with Gasteiger partial charge in [-0.15, -0.1) is 0 Å². The number of hydrogen-bond acceptors (Lipinski definition) is 3. The van der Waals surface area contributed by atoms with Crippen LogP contribution in [-0.4, -0.2) is 36.2 Å². The van der Waals surface area contributed by atoms with Crippen molar-refractivity contribution in [3.05, 3.63) is 12.2 Å². The molecule has 5 heteroatoms. The predicted molar refractivity (Wildman–Crippen MR) is 58.1 cm³/mol. The first-order valence-electron chi connectivity index (χ1n) is 5.96. The van der Waals surface area contributed by atoms with E-state index in [9.17, 15) is 14.7 Å². The van der Waals surface area contributed by atoms with Gasteiger partial charge in [0.25, 0.3) is 0 Å². The second-order valence-electron chi connectivity index (χ2n) is 5.08. The number of amides is 1. The van der Waals surface area contributed by atoms with Crippen LogP contribution in [0.25, 0.3) is 0 Å². The van der Waals surface area contributed by atoms with Crippen molar-refractivity contribution >= 4 is 11.9 Å². The largest absolute Gasteiger partial charge is 0.481 e. The summed E-state index contributed by atoms with van der Waals surface area (Å²) in [5, 5.41) is 12.1.